The maximum atomic E-state index is 12.3. The highest BCUT2D eigenvalue weighted by Crippen LogP contribution is 2.25. The molecule has 22 heavy (non-hydrogen) atoms. The second-order valence-electron chi connectivity index (χ2n) is 5.20. The first kappa shape index (κ1) is 16.0. The second-order valence-corrected chi connectivity index (χ2v) is 5.20. The highest BCUT2D eigenvalue weighted by molar-refractivity contribution is 6.06. The third kappa shape index (κ3) is 3.84. The highest BCUT2D eigenvalue weighted by Gasteiger charge is 2.25. The predicted molar refractivity (Wildman–Crippen MR) is 83.7 cm³/mol. The molecule has 0 bridgehead atoms. The summed E-state index contributed by atoms with van der Waals surface area (Å²) in [5.74, 6) is -0.534. The van der Waals surface area contributed by atoms with E-state index in [1.807, 2.05) is 6.92 Å². The van der Waals surface area contributed by atoms with E-state index in [4.69, 9.17) is 0 Å². The fourth-order valence-corrected chi connectivity index (χ4v) is 2.39. The lowest BCUT2D eigenvalue weighted by Crippen LogP contribution is -2.38. The Labute approximate surface area is 129 Å². The Bertz CT molecular complexity index is 572. The van der Waals surface area contributed by atoms with Crippen molar-refractivity contribution in [2.24, 2.45) is 0 Å². The Kier molecular flexibility index (Phi) is 5.52. The van der Waals surface area contributed by atoms with Crippen LogP contribution in [0.5, 0.6) is 0 Å². The van der Waals surface area contributed by atoms with Gasteiger partial charge in [-0.15, -0.1) is 0 Å². The summed E-state index contributed by atoms with van der Waals surface area (Å²) in [5, 5.41) is 5.30. The van der Waals surface area contributed by atoms with Crippen LogP contribution in [-0.4, -0.2) is 37.4 Å². The molecule has 118 valence electrons. The molecule has 3 amide bonds. The van der Waals surface area contributed by atoms with Crippen LogP contribution in [0.25, 0.3) is 0 Å². The van der Waals surface area contributed by atoms with Crippen LogP contribution in [0.4, 0.5) is 5.69 Å². The van der Waals surface area contributed by atoms with Gasteiger partial charge in [0.1, 0.15) is 0 Å². The first-order valence-electron chi connectivity index (χ1n) is 7.57. The standard InChI is InChI=1S/C16H21N3O3/c1-2-9-17-14(20)11-18-16(22)12-6-3-4-7-13(12)19-10-5-8-15(19)21/h3-4,6-7H,2,5,8-11H2,1H3,(H,17,20)(H,18,22). The maximum Gasteiger partial charge on any atom is 0.253 e. The SMILES string of the molecule is CCCNC(=O)CNC(=O)c1ccccc1N1CCCC1=O. The number of carbonyl (C=O) groups is 3. The topological polar surface area (TPSA) is 78.5 Å². The van der Waals surface area contributed by atoms with Gasteiger partial charge in [-0.1, -0.05) is 19.1 Å². The van der Waals surface area contributed by atoms with Crippen molar-refractivity contribution >= 4 is 23.4 Å². The van der Waals surface area contributed by atoms with Crippen LogP contribution in [0.2, 0.25) is 0 Å². The van der Waals surface area contributed by atoms with Gasteiger partial charge >= 0.3 is 0 Å². The number of benzene rings is 1. The molecule has 0 spiro atoms. The number of amides is 3. The van der Waals surface area contributed by atoms with Crippen molar-refractivity contribution in [3.05, 3.63) is 29.8 Å². The molecule has 2 rings (SSSR count). The van der Waals surface area contributed by atoms with Crippen molar-refractivity contribution in [1.82, 2.24) is 10.6 Å². The van der Waals surface area contributed by atoms with Crippen LogP contribution in [0.15, 0.2) is 24.3 Å². The van der Waals surface area contributed by atoms with Crippen molar-refractivity contribution < 1.29 is 14.4 Å². The zero-order valence-electron chi connectivity index (χ0n) is 12.7. The van der Waals surface area contributed by atoms with E-state index >= 15 is 0 Å². The van der Waals surface area contributed by atoms with Gasteiger partial charge in [-0.2, -0.15) is 0 Å². The Morgan fingerprint density at radius 1 is 1.23 bits per heavy atom. The molecule has 1 heterocycles. The number of hydrogen-bond acceptors (Lipinski definition) is 3. The van der Waals surface area contributed by atoms with E-state index in [9.17, 15) is 14.4 Å². The quantitative estimate of drug-likeness (QED) is 0.825. The van der Waals surface area contributed by atoms with Gasteiger partial charge in [0.15, 0.2) is 0 Å². The number of anilines is 1. The molecule has 0 radical (unpaired) electrons. The lowest BCUT2D eigenvalue weighted by Gasteiger charge is -2.19. The first-order valence-corrected chi connectivity index (χ1v) is 7.57. The van der Waals surface area contributed by atoms with Crippen LogP contribution < -0.4 is 15.5 Å². The summed E-state index contributed by atoms with van der Waals surface area (Å²) in [5.41, 5.74) is 1.03. The van der Waals surface area contributed by atoms with E-state index in [0.29, 0.717) is 30.8 Å². The molecular weight excluding hydrogens is 282 g/mol. The number of rotatable bonds is 6. The fourth-order valence-electron chi connectivity index (χ4n) is 2.39. The van der Waals surface area contributed by atoms with Crippen molar-refractivity contribution in [2.45, 2.75) is 26.2 Å². The Hall–Kier alpha value is -2.37. The fraction of sp³-hybridized carbons (Fsp3) is 0.438. The molecular formula is C16H21N3O3. The molecule has 0 atom stereocenters. The molecule has 6 nitrogen and oxygen atoms in total. The Morgan fingerprint density at radius 3 is 2.68 bits per heavy atom. The minimum Gasteiger partial charge on any atom is -0.355 e. The molecule has 1 aliphatic heterocycles. The lowest BCUT2D eigenvalue weighted by atomic mass is 10.1. The minimum absolute atomic E-state index is 0.0286. The zero-order chi connectivity index (χ0) is 15.9. The largest absolute Gasteiger partial charge is 0.355 e. The average Bonchev–Trinajstić information content (AvgIpc) is 2.96. The van der Waals surface area contributed by atoms with E-state index in [1.165, 1.54) is 0 Å². The van der Waals surface area contributed by atoms with Crippen molar-refractivity contribution in [1.29, 1.82) is 0 Å². The Morgan fingerprint density at radius 2 is 2.00 bits per heavy atom. The van der Waals surface area contributed by atoms with Gasteiger partial charge in [0, 0.05) is 19.5 Å². The molecule has 0 unspecified atom stereocenters. The lowest BCUT2D eigenvalue weighted by molar-refractivity contribution is -0.120. The monoisotopic (exact) mass is 303 g/mol. The highest BCUT2D eigenvalue weighted by atomic mass is 16.2. The predicted octanol–water partition coefficient (Wildman–Crippen LogP) is 1.07. The number of para-hydroxylation sites is 1. The molecule has 0 aromatic heterocycles. The molecule has 2 N–H and O–H groups in total. The molecule has 1 aromatic rings. The van der Waals surface area contributed by atoms with Gasteiger partial charge in [-0.05, 0) is 25.0 Å². The van der Waals surface area contributed by atoms with Crippen molar-refractivity contribution in [3.8, 4) is 0 Å². The van der Waals surface area contributed by atoms with Gasteiger partial charge in [-0.3, -0.25) is 14.4 Å². The van der Waals surface area contributed by atoms with Crippen LogP contribution in [0, 0.1) is 0 Å². The Balaban J connectivity index is 2.04. The van der Waals surface area contributed by atoms with Crippen LogP contribution in [-0.2, 0) is 9.59 Å². The normalized spacial score (nSPS) is 14.0. The summed E-state index contributed by atoms with van der Waals surface area (Å²) < 4.78 is 0. The molecule has 1 aliphatic rings. The number of hydrogen-bond donors (Lipinski definition) is 2. The van der Waals surface area contributed by atoms with Crippen LogP contribution >= 0.6 is 0 Å². The molecule has 1 aromatic carbocycles. The minimum atomic E-state index is -0.345. The van der Waals surface area contributed by atoms with E-state index in [1.54, 1.807) is 29.2 Å². The summed E-state index contributed by atoms with van der Waals surface area (Å²) in [7, 11) is 0. The van der Waals surface area contributed by atoms with E-state index in [2.05, 4.69) is 10.6 Å². The maximum absolute atomic E-state index is 12.3. The third-order valence-corrected chi connectivity index (χ3v) is 3.49. The molecule has 1 fully saturated rings. The summed E-state index contributed by atoms with van der Waals surface area (Å²) in [6.07, 6.45) is 2.16. The third-order valence-electron chi connectivity index (χ3n) is 3.49. The molecule has 0 saturated carbocycles. The van der Waals surface area contributed by atoms with Crippen LogP contribution in [0.1, 0.15) is 36.5 Å². The summed E-state index contributed by atoms with van der Waals surface area (Å²) >= 11 is 0. The van der Waals surface area contributed by atoms with Gasteiger partial charge in [-0.25, -0.2) is 0 Å². The number of nitrogens with one attached hydrogen (secondary N) is 2. The van der Waals surface area contributed by atoms with Crippen molar-refractivity contribution in [3.63, 3.8) is 0 Å². The van der Waals surface area contributed by atoms with E-state index in [-0.39, 0.29) is 24.3 Å². The smallest absolute Gasteiger partial charge is 0.253 e. The zero-order valence-corrected chi connectivity index (χ0v) is 12.7. The number of nitrogens with zero attached hydrogens (tertiary/aromatic N) is 1. The van der Waals surface area contributed by atoms with E-state index in [0.717, 1.165) is 12.8 Å². The molecule has 0 aliphatic carbocycles. The van der Waals surface area contributed by atoms with Gasteiger partial charge < -0.3 is 15.5 Å². The van der Waals surface area contributed by atoms with Gasteiger partial charge in [0.05, 0.1) is 17.8 Å². The average molecular weight is 303 g/mol. The summed E-state index contributed by atoms with van der Waals surface area (Å²) in [6, 6.07) is 6.97. The summed E-state index contributed by atoms with van der Waals surface area (Å²) in [6.45, 7) is 3.11. The molecule has 1 saturated heterocycles. The second kappa shape index (κ2) is 7.59. The van der Waals surface area contributed by atoms with Gasteiger partial charge in [0.25, 0.3) is 5.91 Å². The number of carbonyl (C=O) groups excluding carboxylic acids is 3. The van der Waals surface area contributed by atoms with Gasteiger partial charge in [0.2, 0.25) is 11.8 Å². The van der Waals surface area contributed by atoms with E-state index < -0.39 is 0 Å². The summed E-state index contributed by atoms with van der Waals surface area (Å²) in [4.78, 5) is 37.3. The molecule has 6 heteroatoms. The first-order chi connectivity index (χ1) is 10.6. The van der Waals surface area contributed by atoms with Crippen LogP contribution in [0.3, 0.4) is 0 Å². The van der Waals surface area contributed by atoms with Crippen molar-refractivity contribution in [2.75, 3.05) is 24.5 Å².